The smallest absolute Gasteiger partial charge is 0.321 e. The first-order valence-electron chi connectivity index (χ1n) is 8.33. The lowest BCUT2D eigenvalue weighted by molar-refractivity contribution is -0.137. The van der Waals surface area contributed by atoms with Gasteiger partial charge in [-0.1, -0.05) is 66.7 Å². The van der Waals surface area contributed by atoms with E-state index >= 15 is 0 Å². The van der Waals surface area contributed by atoms with Crippen molar-refractivity contribution in [2.24, 2.45) is 0 Å². The van der Waals surface area contributed by atoms with Gasteiger partial charge in [0.15, 0.2) is 0 Å². The van der Waals surface area contributed by atoms with Crippen LogP contribution < -0.4 is 5.56 Å². The van der Waals surface area contributed by atoms with E-state index in [1.54, 1.807) is 0 Å². The van der Waals surface area contributed by atoms with Crippen LogP contribution in [0.2, 0.25) is 0 Å². The molecule has 0 aliphatic heterocycles. The highest BCUT2D eigenvalue weighted by atomic mass is 19.4. The summed E-state index contributed by atoms with van der Waals surface area (Å²) in [7, 11) is 0. The van der Waals surface area contributed by atoms with Crippen molar-refractivity contribution in [2.75, 3.05) is 0 Å². The van der Waals surface area contributed by atoms with Crippen molar-refractivity contribution in [2.45, 2.75) is 6.18 Å². The molecule has 0 bridgehead atoms. The summed E-state index contributed by atoms with van der Waals surface area (Å²) in [5.41, 5.74) is 1.50. The van der Waals surface area contributed by atoms with E-state index in [4.69, 9.17) is 0 Å². The number of pyridine rings is 1. The fourth-order valence-electron chi connectivity index (χ4n) is 3.23. The van der Waals surface area contributed by atoms with Crippen LogP contribution in [0, 0.1) is 0 Å². The molecule has 4 aromatic rings. The normalized spacial score (nSPS) is 11.7. The van der Waals surface area contributed by atoms with Crippen molar-refractivity contribution in [3.8, 4) is 22.4 Å². The highest BCUT2D eigenvalue weighted by Crippen LogP contribution is 2.37. The Balaban J connectivity index is 2.11. The van der Waals surface area contributed by atoms with Crippen LogP contribution in [0.5, 0.6) is 0 Å². The zero-order chi connectivity index (χ0) is 19.0. The van der Waals surface area contributed by atoms with E-state index in [-0.39, 0.29) is 5.39 Å². The number of nitrogens with one attached hydrogen (secondary N) is 1. The molecule has 1 heterocycles. The summed E-state index contributed by atoms with van der Waals surface area (Å²) in [6.07, 6.45) is -4.51. The first-order chi connectivity index (χ1) is 12.9. The number of rotatable bonds is 2. The number of hydrogen-bond acceptors (Lipinski definition) is 1. The third-order valence-electron chi connectivity index (χ3n) is 4.47. The average Bonchev–Trinajstić information content (AvgIpc) is 2.68. The van der Waals surface area contributed by atoms with Gasteiger partial charge in [-0.3, -0.25) is 4.79 Å². The molecule has 0 aliphatic carbocycles. The highest BCUT2D eigenvalue weighted by molar-refractivity contribution is 6.02. The van der Waals surface area contributed by atoms with E-state index in [1.807, 2.05) is 60.7 Å². The Bertz CT molecular complexity index is 1160. The van der Waals surface area contributed by atoms with Crippen molar-refractivity contribution in [3.05, 3.63) is 94.8 Å². The largest absolute Gasteiger partial charge is 0.416 e. The van der Waals surface area contributed by atoms with Crippen LogP contribution in [0.25, 0.3) is 33.2 Å². The van der Waals surface area contributed by atoms with Crippen molar-refractivity contribution in [1.82, 2.24) is 4.98 Å². The number of hydrogen-bond donors (Lipinski definition) is 1. The monoisotopic (exact) mass is 365 g/mol. The summed E-state index contributed by atoms with van der Waals surface area (Å²) in [6.45, 7) is 0. The lowest BCUT2D eigenvalue weighted by atomic mass is 9.93. The zero-order valence-corrected chi connectivity index (χ0v) is 14.0. The van der Waals surface area contributed by atoms with E-state index < -0.39 is 17.3 Å². The molecule has 0 spiro atoms. The van der Waals surface area contributed by atoms with E-state index in [1.165, 1.54) is 6.07 Å². The molecule has 4 rings (SSSR count). The van der Waals surface area contributed by atoms with Crippen molar-refractivity contribution >= 4 is 10.8 Å². The van der Waals surface area contributed by atoms with E-state index in [2.05, 4.69) is 4.98 Å². The van der Waals surface area contributed by atoms with Crippen molar-refractivity contribution in [3.63, 3.8) is 0 Å². The molecule has 0 aliphatic rings. The van der Waals surface area contributed by atoms with E-state index in [0.717, 1.165) is 23.3 Å². The van der Waals surface area contributed by atoms with Gasteiger partial charge in [0.1, 0.15) is 0 Å². The minimum absolute atomic E-state index is 0.0170. The number of aromatic nitrogens is 1. The maximum absolute atomic E-state index is 13.1. The highest BCUT2D eigenvalue weighted by Gasteiger charge is 2.31. The first-order valence-corrected chi connectivity index (χ1v) is 8.33. The summed E-state index contributed by atoms with van der Waals surface area (Å²) in [5.74, 6) is 0. The Labute approximate surface area is 152 Å². The minimum atomic E-state index is -4.51. The molecular weight excluding hydrogens is 351 g/mol. The molecule has 5 heteroatoms. The molecular formula is C22H14F3NO. The van der Waals surface area contributed by atoms with Gasteiger partial charge in [0.2, 0.25) is 0 Å². The Kier molecular flexibility index (Phi) is 4.07. The van der Waals surface area contributed by atoms with Gasteiger partial charge in [-0.05, 0) is 28.6 Å². The SMILES string of the molecule is O=c1[nH]c(-c2ccccc2)c(-c2ccccc2)c2ccc(C(F)(F)F)cc12. The fraction of sp³-hybridized carbons (Fsp3) is 0.0455. The summed E-state index contributed by atoms with van der Waals surface area (Å²) >= 11 is 0. The Morgan fingerprint density at radius 2 is 1.30 bits per heavy atom. The van der Waals surface area contributed by atoms with Crippen molar-refractivity contribution < 1.29 is 13.2 Å². The molecule has 0 saturated heterocycles. The maximum atomic E-state index is 13.1. The van der Waals surface area contributed by atoms with E-state index in [9.17, 15) is 18.0 Å². The molecule has 1 N–H and O–H groups in total. The molecule has 1 aromatic heterocycles. The summed E-state index contributed by atoms with van der Waals surface area (Å²) in [4.78, 5) is 15.4. The van der Waals surface area contributed by atoms with Crippen LogP contribution in [0.4, 0.5) is 13.2 Å². The molecule has 0 atom stereocenters. The van der Waals surface area contributed by atoms with Gasteiger partial charge in [0.25, 0.3) is 5.56 Å². The average molecular weight is 365 g/mol. The van der Waals surface area contributed by atoms with Gasteiger partial charge in [0, 0.05) is 10.9 Å². The second kappa shape index (κ2) is 6.43. The van der Waals surface area contributed by atoms with Crippen LogP contribution in [0.15, 0.2) is 83.7 Å². The first kappa shape index (κ1) is 17.1. The van der Waals surface area contributed by atoms with Gasteiger partial charge >= 0.3 is 6.18 Å². The quantitative estimate of drug-likeness (QED) is 0.473. The topological polar surface area (TPSA) is 32.9 Å². The molecule has 0 amide bonds. The Hall–Kier alpha value is -3.34. The minimum Gasteiger partial charge on any atom is -0.321 e. The fourth-order valence-corrected chi connectivity index (χ4v) is 3.23. The van der Waals surface area contributed by atoms with Gasteiger partial charge < -0.3 is 4.98 Å². The lowest BCUT2D eigenvalue weighted by Crippen LogP contribution is -2.12. The molecule has 3 aromatic carbocycles. The van der Waals surface area contributed by atoms with Gasteiger partial charge in [-0.15, -0.1) is 0 Å². The van der Waals surface area contributed by atoms with Gasteiger partial charge in [0.05, 0.1) is 11.3 Å². The number of benzene rings is 3. The van der Waals surface area contributed by atoms with Crippen molar-refractivity contribution in [1.29, 1.82) is 0 Å². The summed E-state index contributed by atoms with van der Waals surface area (Å²) in [5, 5.41) is 0.500. The molecule has 0 fully saturated rings. The standard InChI is InChI=1S/C22H14F3NO/c23-22(24,25)16-11-12-17-18(13-16)21(27)26-20(15-9-5-2-6-10-15)19(17)14-7-3-1-4-8-14/h1-13H,(H,26,27). The van der Waals surface area contributed by atoms with Gasteiger partial charge in [-0.25, -0.2) is 0 Å². The molecule has 2 nitrogen and oxygen atoms in total. The molecule has 134 valence electrons. The second-order valence-corrected chi connectivity index (χ2v) is 6.19. The number of aromatic amines is 1. The third kappa shape index (κ3) is 3.12. The summed E-state index contributed by atoms with van der Waals surface area (Å²) < 4.78 is 39.3. The maximum Gasteiger partial charge on any atom is 0.416 e. The molecule has 27 heavy (non-hydrogen) atoms. The summed E-state index contributed by atoms with van der Waals surface area (Å²) in [6, 6.07) is 21.9. The Morgan fingerprint density at radius 1 is 0.704 bits per heavy atom. The molecule has 0 unspecified atom stereocenters. The van der Waals surface area contributed by atoms with Crippen LogP contribution in [0.1, 0.15) is 5.56 Å². The van der Waals surface area contributed by atoms with Gasteiger partial charge in [-0.2, -0.15) is 13.2 Å². The number of alkyl halides is 3. The lowest BCUT2D eigenvalue weighted by Gasteiger charge is -2.15. The van der Waals surface area contributed by atoms with E-state index in [0.29, 0.717) is 16.6 Å². The predicted molar refractivity (Wildman–Crippen MR) is 100 cm³/mol. The number of H-pyrrole nitrogens is 1. The van der Waals surface area contributed by atoms with Crippen LogP contribution in [-0.2, 0) is 6.18 Å². The van der Waals surface area contributed by atoms with Crippen LogP contribution >= 0.6 is 0 Å². The predicted octanol–water partition coefficient (Wildman–Crippen LogP) is 5.88. The third-order valence-corrected chi connectivity index (χ3v) is 4.47. The van der Waals surface area contributed by atoms with Crippen LogP contribution in [0.3, 0.4) is 0 Å². The Morgan fingerprint density at radius 3 is 1.89 bits per heavy atom. The number of halogens is 3. The second-order valence-electron chi connectivity index (χ2n) is 6.19. The zero-order valence-electron chi connectivity index (χ0n) is 14.0. The molecule has 0 saturated carbocycles. The van der Waals surface area contributed by atoms with Crippen LogP contribution in [-0.4, -0.2) is 4.98 Å². The molecule has 0 radical (unpaired) electrons. The number of fused-ring (bicyclic) bond motifs is 1.